The highest BCUT2D eigenvalue weighted by atomic mass is 19.1. The summed E-state index contributed by atoms with van der Waals surface area (Å²) in [5.41, 5.74) is 8.94. The minimum atomic E-state index is -0.156. The molecule has 0 spiro atoms. The van der Waals surface area contributed by atoms with Crippen LogP contribution in [0.4, 0.5) is 4.39 Å². The highest BCUT2D eigenvalue weighted by Crippen LogP contribution is 2.25. The van der Waals surface area contributed by atoms with Crippen molar-refractivity contribution in [3.63, 3.8) is 0 Å². The smallest absolute Gasteiger partial charge is 0.123 e. The van der Waals surface area contributed by atoms with Crippen molar-refractivity contribution in [1.29, 1.82) is 0 Å². The number of rotatable bonds is 1. The fourth-order valence-electron chi connectivity index (χ4n) is 1.79. The van der Waals surface area contributed by atoms with Crippen LogP contribution in [0.3, 0.4) is 0 Å². The maximum absolute atomic E-state index is 12.9. The zero-order valence-electron chi connectivity index (χ0n) is 7.39. The summed E-state index contributed by atoms with van der Waals surface area (Å²) in [5, 5.41) is 0. The summed E-state index contributed by atoms with van der Waals surface area (Å²) in [6.07, 6.45) is 4.04. The number of benzene rings is 1. The van der Waals surface area contributed by atoms with Gasteiger partial charge in [0.2, 0.25) is 0 Å². The van der Waals surface area contributed by atoms with Gasteiger partial charge in [0.1, 0.15) is 5.82 Å². The van der Waals surface area contributed by atoms with Crippen LogP contribution in [0.1, 0.15) is 17.5 Å². The summed E-state index contributed by atoms with van der Waals surface area (Å²) in [5.74, 6) is -0.156. The van der Waals surface area contributed by atoms with Gasteiger partial charge >= 0.3 is 0 Å². The summed E-state index contributed by atoms with van der Waals surface area (Å²) in [7, 11) is 0. The van der Waals surface area contributed by atoms with Crippen LogP contribution in [0.15, 0.2) is 24.3 Å². The van der Waals surface area contributed by atoms with E-state index in [1.54, 1.807) is 6.07 Å². The van der Waals surface area contributed by atoms with Gasteiger partial charge in [-0.15, -0.1) is 0 Å². The first kappa shape index (κ1) is 8.45. The molecule has 0 amide bonds. The van der Waals surface area contributed by atoms with Crippen LogP contribution in [0.5, 0.6) is 0 Å². The molecular formula is C11H12FN. The maximum Gasteiger partial charge on any atom is 0.123 e. The van der Waals surface area contributed by atoms with E-state index >= 15 is 0 Å². The van der Waals surface area contributed by atoms with Gasteiger partial charge in [0.05, 0.1) is 0 Å². The van der Waals surface area contributed by atoms with Gasteiger partial charge in [0.25, 0.3) is 0 Å². The zero-order chi connectivity index (χ0) is 9.26. The minimum absolute atomic E-state index is 0.156. The van der Waals surface area contributed by atoms with Crippen molar-refractivity contribution in [3.8, 4) is 0 Å². The predicted molar refractivity (Wildman–Crippen MR) is 51.8 cm³/mol. The molecule has 0 saturated carbocycles. The number of fused-ring (bicyclic) bond motifs is 1. The normalized spacial score (nSPS) is 15.1. The molecule has 0 radical (unpaired) electrons. The fourth-order valence-corrected chi connectivity index (χ4v) is 1.79. The van der Waals surface area contributed by atoms with Crippen LogP contribution in [0, 0.1) is 5.82 Å². The number of aryl methyl sites for hydroxylation is 1. The zero-order valence-corrected chi connectivity index (χ0v) is 7.39. The van der Waals surface area contributed by atoms with Gasteiger partial charge in [-0.1, -0.05) is 12.1 Å². The Labute approximate surface area is 77.1 Å². The molecule has 68 valence electrons. The van der Waals surface area contributed by atoms with Crippen LogP contribution in [-0.4, -0.2) is 6.54 Å². The van der Waals surface area contributed by atoms with Crippen molar-refractivity contribution in [2.24, 2.45) is 5.73 Å². The summed E-state index contributed by atoms with van der Waals surface area (Å²) >= 11 is 0. The fraction of sp³-hybridized carbons (Fsp3) is 0.273. The Balaban J connectivity index is 2.49. The second-order valence-corrected chi connectivity index (χ2v) is 3.27. The van der Waals surface area contributed by atoms with Crippen molar-refractivity contribution >= 4 is 5.57 Å². The van der Waals surface area contributed by atoms with Crippen LogP contribution in [-0.2, 0) is 6.42 Å². The van der Waals surface area contributed by atoms with Crippen LogP contribution in [0.2, 0.25) is 0 Å². The van der Waals surface area contributed by atoms with E-state index in [9.17, 15) is 4.39 Å². The van der Waals surface area contributed by atoms with Crippen molar-refractivity contribution < 1.29 is 4.39 Å². The molecule has 1 nitrogen and oxygen atoms in total. The van der Waals surface area contributed by atoms with Gasteiger partial charge < -0.3 is 5.73 Å². The molecule has 0 atom stereocenters. The van der Waals surface area contributed by atoms with Gasteiger partial charge in [-0.05, 0) is 41.7 Å². The molecular weight excluding hydrogens is 165 g/mol. The average molecular weight is 177 g/mol. The Morgan fingerprint density at radius 3 is 3.00 bits per heavy atom. The van der Waals surface area contributed by atoms with Gasteiger partial charge in [0.15, 0.2) is 0 Å². The third-order valence-corrected chi connectivity index (χ3v) is 2.44. The molecule has 1 aromatic rings. The maximum atomic E-state index is 12.9. The lowest BCUT2D eigenvalue weighted by Crippen LogP contribution is -2.08. The van der Waals surface area contributed by atoms with E-state index < -0.39 is 0 Å². The summed E-state index contributed by atoms with van der Waals surface area (Å²) in [6, 6.07) is 4.92. The Hall–Kier alpha value is -1.15. The Bertz CT molecular complexity index is 355. The van der Waals surface area contributed by atoms with Gasteiger partial charge in [0, 0.05) is 6.54 Å². The minimum Gasteiger partial charge on any atom is -0.326 e. The standard InChI is InChI=1S/C11H12FN/c12-10-4-5-11-8(6-10)2-1-3-9(11)7-13/h3-6H,1-2,7,13H2. The molecule has 1 aliphatic carbocycles. The topological polar surface area (TPSA) is 26.0 Å². The van der Waals surface area contributed by atoms with E-state index in [0.717, 1.165) is 29.5 Å². The summed E-state index contributed by atoms with van der Waals surface area (Å²) in [6.45, 7) is 0.540. The molecule has 2 rings (SSSR count). The van der Waals surface area contributed by atoms with Crippen molar-refractivity contribution in [1.82, 2.24) is 0 Å². The number of hydrogen-bond donors (Lipinski definition) is 1. The summed E-state index contributed by atoms with van der Waals surface area (Å²) < 4.78 is 12.9. The van der Waals surface area contributed by atoms with E-state index in [1.807, 2.05) is 6.07 Å². The lowest BCUT2D eigenvalue weighted by Gasteiger charge is -2.16. The Kier molecular flexibility index (Phi) is 2.15. The van der Waals surface area contributed by atoms with E-state index in [0.29, 0.717) is 6.54 Å². The van der Waals surface area contributed by atoms with Crippen LogP contribution >= 0.6 is 0 Å². The molecule has 1 aromatic carbocycles. The largest absolute Gasteiger partial charge is 0.326 e. The van der Waals surface area contributed by atoms with Gasteiger partial charge in [-0.3, -0.25) is 0 Å². The first-order valence-corrected chi connectivity index (χ1v) is 4.49. The second kappa shape index (κ2) is 3.30. The molecule has 0 aliphatic heterocycles. The third-order valence-electron chi connectivity index (χ3n) is 2.44. The first-order valence-electron chi connectivity index (χ1n) is 4.49. The SMILES string of the molecule is NCC1=CCCc2cc(F)ccc21. The van der Waals surface area contributed by atoms with E-state index in [1.165, 1.54) is 6.07 Å². The lowest BCUT2D eigenvalue weighted by molar-refractivity contribution is 0.624. The highest BCUT2D eigenvalue weighted by molar-refractivity contribution is 5.71. The molecule has 2 N–H and O–H groups in total. The number of halogens is 1. The van der Waals surface area contributed by atoms with Crippen molar-refractivity contribution in [2.45, 2.75) is 12.8 Å². The molecule has 0 saturated heterocycles. The Morgan fingerprint density at radius 1 is 1.38 bits per heavy atom. The molecule has 0 aromatic heterocycles. The molecule has 0 fully saturated rings. The highest BCUT2D eigenvalue weighted by Gasteiger charge is 2.11. The molecule has 13 heavy (non-hydrogen) atoms. The lowest BCUT2D eigenvalue weighted by atomic mass is 9.91. The van der Waals surface area contributed by atoms with Gasteiger partial charge in [-0.25, -0.2) is 4.39 Å². The number of allylic oxidation sites excluding steroid dienone is 1. The first-order chi connectivity index (χ1) is 6.31. The van der Waals surface area contributed by atoms with Crippen LogP contribution < -0.4 is 5.73 Å². The number of hydrogen-bond acceptors (Lipinski definition) is 1. The van der Waals surface area contributed by atoms with Crippen molar-refractivity contribution in [3.05, 3.63) is 41.2 Å². The van der Waals surface area contributed by atoms with Gasteiger partial charge in [-0.2, -0.15) is 0 Å². The average Bonchev–Trinajstić information content (AvgIpc) is 2.16. The van der Waals surface area contributed by atoms with E-state index in [2.05, 4.69) is 6.08 Å². The number of nitrogens with two attached hydrogens (primary N) is 1. The Morgan fingerprint density at radius 2 is 2.23 bits per heavy atom. The predicted octanol–water partition coefficient (Wildman–Crippen LogP) is 2.11. The molecule has 0 heterocycles. The van der Waals surface area contributed by atoms with E-state index in [-0.39, 0.29) is 5.82 Å². The molecule has 0 unspecified atom stereocenters. The molecule has 2 heteroatoms. The monoisotopic (exact) mass is 177 g/mol. The van der Waals surface area contributed by atoms with Crippen LogP contribution in [0.25, 0.3) is 5.57 Å². The summed E-state index contributed by atoms with van der Waals surface area (Å²) in [4.78, 5) is 0. The third kappa shape index (κ3) is 1.49. The molecule has 1 aliphatic rings. The van der Waals surface area contributed by atoms with Crippen molar-refractivity contribution in [2.75, 3.05) is 6.54 Å². The van der Waals surface area contributed by atoms with E-state index in [4.69, 9.17) is 5.73 Å². The quantitative estimate of drug-likeness (QED) is 0.698. The second-order valence-electron chi connectivity index (χ2n) is 3.27. The molecule has 0 bridgehead atoms.